The van der Waals surface area contributed by atoms with Crippen LogP contribution in [-0.2, 0) is 9.59 Å². The van der Waals surface area contributed by atoms with Gasteiger partial charge in [-0.25, -0.2) is 0 Å². The Labute approximate surface area is 164 Å². The lowest BCUT2D eigenvalue weighted by Gasteiger charge is -2.60. The SMILES string of the molecule is C[C@]12CCC(=O)C=C1CC[C@@H]1[C@@H]2[C@@H](O)C[C@@]2(C)[C@H]1CC[C@]2(O)C(=O)CN=[N+]=[N-]. The minimum absolute atomic E-state index is 0.0493. The summed E-state index contributed by atoms with van der Waals surface area (Å²) in [5, 5.41) is 26.0. The van der Waals surface area contributed by atoms with Gasteiger partial charge >= 0.3 is 0 Å². The van der Waals surface area contributed by atoms with Crippen molar-refractivity contribution in [1.29, 1.82) is 0 Å². The van der Waals surface area contributed by atoms with Gasteiger partial charge in [-0.2, -0.15) is 0 Å². The molecule has 0 unspecified atom stereocenters. The maximum absolute atomic E-state index is 12.7. The maximum atomic E-state index is 12.7. The molecule has 4 rings (SSSR count). The number of Topliss-reactive ketones (excluding diaryl/α,β-unsaturated/α-hetero) is 1. The molecule has 7 nitrogen and oxygen atoms in total. The minimum Gasteiger partial charge on any atom is -0.393 e. The Hall–Kier alpha value is -1.69. The van der Waals surface area contributed by atoms with E-state index in [9.17, 15) is 19.8 Å². The molecule has 4 aliphatic rings. The number of aliphatic hydroxyl groups excluding tert-OH is 1. The zero-order valence-electron chi connectivity index (χ0n) is 16.6. The number of allylic oxidation sites excluding steroid dienone is 1. The van der Waals surface area contributed by atoms with Gasteiger partial charge in [0.05, 0.1) is 12.6 Å². The number of carbonyl (C=O) groups excluding carboxylic acids is 2. The summed E-state index contributed by atoms with van der Waals surface area (Å²) in [6.45, 7) is 3.75. The quantitative estimate of drug-likeness (QED) is 0.439. The Balaban J connectivity index is 1.70. The maximum Gasteiger partial charge on any atom is 0.170 e. The molecule has 4 aliphatic carbocycles. The Morgan fingerprint density at radius 2 is 2.07 bits per heavy atom. The van der Waals surface area contributed by atoms with Crippen molar-refractivity contribution in [3.05, 3.63) is 22.1 Å². The molecule has 0 heterocycles. The lowest BCUT2D eigenvalue weighted by atomic mass is 9.45. The van der Waals surface area contributed by atoms with Crippen LogP contribution in [0.3, 0.4) is 0 Å². The van der Waals surface area contributed by atoms with E-state index in [0.29, 0.717) is 19.3 Å². The highest BCUT2D eigenvalue weighted by atomic mass is 16.3. The standard InChI is InChI=1S/C21H29N3O4/c1-19-7-5-13(25)9-12(19)3-4-14-15-6-8-21(28,17(27)11-23-24-22)20(15,2)10-16(26)18(14)19/h9,14-16,18,26,28H,3-8,10-11H2,1-2H3/t14-,15-,16-,18+,19-,20-,21-/m0/s1. The number of rotatable bonds is 3. The summed E-state index contributed by atoms with van der Waals surface area (Å²) < 4.78 is 0. The zero-order chi connectivity index (χ0) is 20.3. The highest BCUT2D eigenvalue weighted by Gasteiger charge is 2.68. The van der Waals surface area contributed by atoms with Crippen LogP contribution < -0.4 is 0 Å². The summed E-state index contributed by atoms with van der Waals surface area (Å²) in [5.41, 5.74) is 7.24. The minimum atomic E-state index is -1.56. The average Bonchev–Trinajstić information content (AvgIpc) is 2.92. The van der Waals surface area contributed by atoms with Crippen molar-refractivity contribution in [2.24, 2.45) is 33.7 Å². The van der Waals surface area contributed by atoms with Gasteiger partial charge in [0, 0.05) is 16.7 Å². The number of carbonyl (C=O) groups is 2. The first-order valence-corrected chi connectivity index (χ1v) is 10.4. The van der Waals surface area contributed by atoms with Crippen molar-refractivity contribution in [3.8, 4) is 0 Å². The van der Waals surface area contributed by atoms with Gasteiger partial charge in [0.25, 0.3) is 0 Å². The highest BCUT2D eigenvalue weighted by Crippen LogP contribution is 2.67. The van der Waals surface area contributed by atoms with E-state index in [2.05, 4.69) is 16.9 Å². The van der Waals surface area contributed by atoms with E-state index in [0.717, 1.165) is 25.7 Å². The summed E-state index contributed by atoms with van der Waals surface area (Å²) in [5.74, 6) is 0.141. The zero-order valence-corrected chi connectivity index (χ0v) is 16.6. The molecule has 0 aromatic rings. The molecule has 28 heavy (non-hydrogen) atoms. The van der Waals surface area contributed by atoms with Crippen LogP contribution in [0.4, 0.5) is 0 Å². The topological polar surface area (TPSA) is 123 Å². The second-order valence-electron chi connectivity index (χ2n) is 9.79. The molecule has 3 fully saturated rings. The molecule has 0 aliphatic heterocycles. The van der Waals surface area contributed by atoms with Crippen LogP contribution in [0.15, 0.2) is 16.8 Å². The summed E-state index contributed by atoms with van der Waals surface area (Å²) in [6.07, 6.45) is 5.60. The first kappa shape index (κ1) is 19.6. The Kier molecular flexibility index (Phi) is 4.49. The summed E-state index contributed by atoms with van der Waals surface area (Å²) in [6, 6.07) is 0. The molecular weight excluding hydrogens is 358 g/mol. The lowest BCUT2D eigenvalue weighted by Crippen LogP contribution is -2.62. The van der Waals surface area contributed by atoms with Gasteiger partial charge in [0.1, 0.15) is 5.60 Å². The van der Waals surface area contributed by atoms with Gasteiger partial charge in [-0.15, -0.1) is 0 Å². The van der Waals surface area contributed by atoms with Crippen LogP contribution in [0.1, 0.15) is 58.8 Å². The number of hydrogen-bond donors (Lipinski definition) is 2. The molecule has 2 N–H and O–H groups in total. The predicted octanol–water partition coefficient (Wildman–Crippen LogP) is 3.10. The molecule has 0 aromatic heterocycles. The fourth-order valence-corrected chi connectivity index (χ4v) is 7.38. The first-order chi connectivity index (χ1) is 13.2. The van der Waals surface area contributed by atoms with E-state index in [4.69, 9.17) is 5.53 Å². The Morgan fingerprint density at radius 1 is 1.32 bits per heavy atom. The molecule has 3 saturated carbocycles. The van der Waals surface area contributed by atoms with E-state index in [1.54, 1.807) is 6.08 Å². The molecule has 7 heteroatoms. The summed E-state index contributed by atoms with van der Waals surface area (Å²) >= 11 is 0. The van der Waals surface area contributed by atoms with Crippen molar-refractivity contribution >= 4 is 11.6 Å². The van der Waals surface area contributed by atoms with E-state index >= 15 is 0 Å². The monoisotopic (exact) mass is 387 g/mol. The third kappa shape index (κ3) is 2.46. The molecule has 0 radical (unpaired) electrons. The van der Waals surface area contributed by atoms with Crippen molar-refractivity contribution in [1.82, 2.24) is 0 Å². The number of fused-ring (bicyclic) bond motifs is 5. The molecule has 0 bridgehead atoms. The van der Waals surface area contributed by atoms with Crippen LogP contribution in [0.5, 0.6) is 0 Å². The molecule has 0 aromatic carbocycles. The van der Waals surface area contributed by atoms with E-state index in [1.165, 1.54) is 5.57 Å². The average molecular weight is 387 g/mol. The summed E-state index contributed by atoms with van der Waals surface area (Å²) in [4.78, 5) is 27.3. The number of nitrogens with zero attached hydrogens (tertiary/aromatic N) is 3. The van der Waals surface area contributed by atoms with Crippen LogP contribution in [0, 0.1) is 28.6 Å². The lowest BCUT2D eigenvalue weighted by molar-refractivity contribution is -0.179. The number of azide groups is 1. The molecule has 152 valence electrons. The fourth-order valence-electron chi connectivity index (χ4n) is 7.38. The third-order valence-corrected chi connectivity index (χ3v) is 8.79. The van der Waals surface area contributed by atoms with Gasteiger partial charge in [0.2, 0.25) is 0 Å². The molecule has 0 saturated heterocycles. The number of hydrogen-bond acceptors (Lipinski definition) is 5. The van der Waals surface area contributed by atoms with E-state index in [1.807, 2.05) is 6.92 Å². The van der Waals surface area contributed by atoms with Crippen molar-refractivity contribution in [2.45, 2.75) is 70.5 Å². The van der Waals surface area contributed by atoms with Gasteiger partial charge in [0.15, 0.2) is 11.6 Å². The molecule has 0 spiro atoms. The number of ketones is 2. The fraction of sp³-hybridized carbons (Fsp3) is 0.810. The van der Waals surface area contributed by atoms with Gasteiger partial charge in [-0.05, 0) is 73.3 Å². The van der Waals surface area contributed by atoms with E-state index < -0.39 is 22.9 Å². The van der Waals surface area contributed by atoms with Crippen LogP contribution in [-0.4, -0.2) is 40.0 Å². The van der Waals surface area contributed by atoms with Crippen LogP contribution in [0.25, 0.3) is 10.4 Å². The first-order valence-electron chi connectivity index (χ1n) is 10.4. The highest BCUT2D eigenvalue weighted by molar-refractivity contribution is 5.92. The molecule has 7 atom stereocenters. The van der Waals surface area contributed by atoms with Crippen molar-refractivity contribution < 1.29 is 19.8 Å². The second kappa shape index (κ2) is 6.41. The van der Waals surface area contributed by atoms with Gasteiger partial charge in [-0.1, -0.05) is 24.5 Å². The van der Waals surface area contributed by atoms with Crippen molar-refractivity contribution in [2.75, 3.05) is 6.54 Å². The van der Waals surface area contributed by atoms with Crippen LogP contribution >= 0.6 is 0 Å². The van der Waals surface area contributed by atoms with Gasteiger partial charge in [-0.3, -0.25) is 9.59 Å². The molecule has 0 amide bonds. The third-order valence-electron chi connectivity index (χ3n) is 8.79. The Morgan fingerprint density at radius 3 is 2.79 bits per heavy atom. The Bertz CT molecular complexity index is 803. The van der Waals surface area contributed by atoms with Gasteiger partial charge < -0.3 is 10.2 Å². The largest absolute Gasteiger partial charge is 0.393 e. The van der Waals surface area contributed by atoms with E-state index in [-0.39, 0.29) is 35.5 Å². The predicted molar refractivity (Wildman–Crippen MR) is 102 cm³/mol. The van der Waals surface area contributed by atoms with Crippen LogP contribution in [0.2, 0.25) is 0 Å². The normalized spacial score (nSPS) is 47.3. The smallest absolute Gasteiger partial charge is 0.170 e. The second-order valence-corrected chi connectivity index (χ2v) is 9.79. The summed E-state index contributed by atoms with van der Waals surface area (Å²) in [7, 11) is 0. The molecular formula is C21H29N3O4. The van der Waals surface area contributed by atoms with Crippen molar-refractivity contribution in [3.63, 3.8) is 0 Å². The number of aliphatic hydroxyl groups is 2.